The van der Waals surface area contributed by atoms with E-state index in [1.54, 1.807) is 0 Å². The summed E-state index contributed by atoms with van der Waals surface area (Å²) in [7, 11) is 30.2. The molecule has 0 aromatic heterocycles. The van der Waals surface area contributed by atoms with Gasteiger partial charge in [0.1, 0.15) is 21.7 Å². The molecule has 2 aliphatic heterocycles. The lowest BCUT2D eigenvalue weighted by atomic mass is 9.51. The number of hydrogen-bond donors (Lipinski definition) is 1. The molecule has 0 bridgehead atoms. The zero-order valence-electron chi connectivity index (χ0n) is 19.1. The van der Waals surface area contributed by atoms with E-state index in [0.717, 1.165) is 12.1 Å². The van der Waals surface area contributed by atoms with E-state index in [-0.39, 0.29) is 56.8 Å². The van der Waals surface area contributed by atoms with Gasteiger partial charge >= 0.3 is 5.92 Å². The highest BCUT2D eigenvalue weighted by Crippen LogP contribution is 2.34. The van der Waals surface area contributed by atoms with E-state index >= 15 is 0 Å². The zero-order valence-corrected chi connectivity index (χ0v) is 19.9. The van der Waals surface area contributed by atoms with Crippen molar-refractivity contribution in [3.8, 4) is 0 Å². The zero-order chi connectivity index (χ0) is 27.4. The number of piperidine rings is 1. The molecule has 0 saturated carbocycles. The Kier molecular flexibility index (Phi) is 6.86. The van der Waals surface area contributed by atoms with Gasteiger partial charge in [0.15, 0.2) is 0 Å². The van der Waals surface area contributed by atoms with Crippen molar-refractivity contribution < 1.29 is 28.0 Å². The maximum absolute atomic E-state index is 15.0. The third-order valence-corrected chi connectivity index (χ3v) is 6.66. The van der Waals surface area contributed by atoms with E-state index in [0.29, 0.717) is 0 Å². The van der Waals surface area contributed by atoms with Crippen molar-refractivity contribution in [1.82, 2.24) is 15.0 Å². The minimum Gasteiger partial charge on any atom is -0.398 e. The third kappa shape index (κ3) is 4.49. The molecule has 10 radical (unpaired) electrons. The van der Waals surface area contributed by atoms with E-state index in [9.17, 15) is 28.0 Å². The molecule has 4 rings (SSSR count). The molecule has 0 aliphatic carbocycles. The van der Waals surface area contributed by atoms with Crippen LogP contribution in [-0.4, -0.2) is 78.7 Å². The molecule has 2 aromatic carbocycles. The second-order valence-corrected chi connectivity index (χ2v) is 9.20. The first-order valence-corrected chi connectivity index (χ1v) is 11.2. The number of alkyl halides is 2. The number of hydrogen-bond acceptors (Lipinski definition) is 4. The molecule has 1 atom stereocenters. The summed E-state index contributed by atoms with van der Waals surface area (Å²) in [6, 6.07) is 4.43. The number of rotatable bonds is 5. The Morgan fingerprint density at radius 2 is 1.76 bits per heavy atom. The predicted octanol–water partition coefficient (Wildman–Crippen LogP) is -1.16. The van der Waals surface area contributed by atoms with Crippen LogP contribution < -0.4 is 16.2 Å². The predicted molar refractivity (Wildman–Crippen MR) is 134 cm³/mol. The topological polar surface area (TPSA) is 86.8 Å². The molecule has 1 saturated heterocycles. The monoisotopic (exact) mass is 511 g/mol. The van der Waals surface area contributed by atoms with E-state index < -0.39 is 46.5 Å². The summed E-state index contributed by atoms with van der Waals surface area (Å²) in [5.74, 6) is -7.82. The second kappa shape index (κ2) is 9.38. The molecule has 15 heteroatoms. The lowest BCUT2D eigenvalue weighted by Gasteiger charge is -2.43. The van der Waals surface area contributed by atoms with Crippen molar-refractivity contribution >= 4 is 85.5 Å². The van der Waals surface area contributed by atoms with Gasteiger partial charge in [-0.15, -0.1) is 0 Å². The molecule has 4 amide bonds. The van der Waals surface area contributed by atoms with Gasteiger partial charge in [-0.2, -0.15) is 8.78 Å². The maximum Gasteiger partial charge on any atom is 0.348 e. The summed E-state index contributed by atoms with van der Waals surface area (Å²) in [5.41, 5.74) is -1.45. The second-order valence-electron chi connectivity index (χ2n) is 8.76. The van der Waals surface area contributed by atoms with Crippen LogP contribution in [0.2, 0.25) is 5.02 Å². The average molecular weight is 511 g/mol. The van der Waals surface area contributed by atoms with Gasteiger partial charge in [0, 0.05) is 29.1 Å². The van der Waals surface area contributed by atoms with Gasteiger partial charge in [-0.05, 0) is 29.5 Å². The normalized spacial score (nSPS) is 18.0. The molecule has 7 nitrogen and oxygen atoms in total. The number of nitrogens with one attached hydrogen (secondary N) is 1. The van der Waals surface area contributed by atoms with Crippen molar-refractivity contribution in [3.63, 3.8) is 0 Å². The van der Waals surface area contributed by atoms with E-state index in [4.69, 9.17) is 51.0 Å². The molecule has 0 spiro atoms. The molecule has 37 heavy (non-hydrogen) atoms. The molecule has 1 unspecified atom stereocenters. The maximum atomic E-state index is 15.0. The minimum absolute atomic E-state index is 0.0280. The SMILES string of the molecule is [B]c1cc2c(c([B])c1C([B])([B])N([B])C(=O)C(F)(F)c1ccc(Cl)cc1)CN(C1CCC(=O)NC1=O)C2=O. The van der Waals surface area contributed by atoms with Crippen LogP contribution in [0.5, 0.6) is 0 Å². The molecule has 2 heterocycles. The molecule has 2 aliphatic rings. The van der Waals surface area contributed by atoms with E-state index in [1.165, 1.54) is 23.1 Å². The molecular weight excluding hydrogens is 498 g/mol. The quantitative estimate of drug-likeness (QED) is 0.406. The number of benzene rings is 2. The molecular formula is C22H13B5ClF2N3O4. The lowest BCUT2D eigenvalue weighted by molar-refractivity contribution is -0.155. The van der Waals surface area contributed by atoms with Gasteiger partial charge < -0.3 is 9.71 Å². The van der Waals surface area contributed by atoms with Crippen LogP contribution >= 0.6 is 11.6 Å². The Morgan fingerprint density at radius 3 is 2.35 bits per heavy atom. The number of amides is 4. The van der Waals surface area contributed by atoms with E-state index in [2.05, 4.69) is 5.32 Å². The van der Waals surface area contributed by atoms with Gasteiger partial charge in [-0.1, -0.05) is 46.3 Å². The summed E-state index contributed by atoms with van der Waals surface area (Å²) in [5, 5.41) is -0.302. The van der Waals surface area contributed by atoms with Crippen LogP contribution in [0, 0.1) is 0 Å². The molecule has 2 aromatic rings. The Balaban J connectivity index is 1.68. The minimum atomic E-state index is -4.15. The van der Waals surface area contributed by atoms with Crippen molar-refractivity contribution in [2.45, 2.75) is 36.7 Å². The van der Waals surface area contributed by atoms with Crippen LogP contribution in [0.15, 0.2) is 30.3 Å². The summed E-state index contributed by atoms with van der Waals surface area (Å²) in [6.07, 6.45) is 0.120. The first kappa shape index (κ1) is 27.0. The number of fused-ring (bicyclic) bond motifs is 1. The van der Waals surface area contributed by atoms with Crippen LogP contribution in [-0.2, 0) is 32.2 Å². The van der Waals surface area contributed by atoms with Crippen molar-refractivity contribution in [1.29, 1.82) is 0 Å². The Bertz CT molecular complexity index is 1340. The summed E-state index contributed by atoms with van der Waals surface area (Å²) < 4.78 is 29.9. The summed E-state index contributed by atoms with van der Waals surface area (Å²) >= 11 is 5.73. The van der Waals surface area contributed by atoms with Crippen molar-refractivity contribution in [3.05, 3.63) is 57.6 Å². The average Bonchev–Trinajstić information content (AvgIpc) is 3.14. The Labute approximate surface area is 222 Å². The number of nitrogens with zero attached hydrogens (tertiary/aromatic N) is 2. The fourth-order valence-corrected chi connectivity index (χ4v) is 4.55. The first-order chi connectivity index (χ1) is 17.2. The number of carbonyl (C=O) groups is 4. The highest BCUT2D eigenvalue weighted by molar-refractivity contribution is 6.50. The lowest BCUT2D eigenvalue weighted by Crippen LogP contribution is -2.57. The van der Waals surface area contributed by atoms with Crippen LogP contribution in [0.3, 0.4) is 0 Å². The van der Waals surface area contributed by atoms with Gasteiger partial charge in [-0.25, -0.2) is 0 Å². The fraction of sp³-hybridized carbons (Fsp3) is 0.273. The van der Waals surface area contributed by atoms with Crippen LogP contribution in [0.4, 0.5) is 8.78 Å². The molecule has 176 valence electrons. The van der Waals surface area contributed by atoms with Crippen LogP contribution in [0.25, 0.3) is 0 Å². The number of imide groups is 1. The first-order valence-electron chi connectivity index (χ1n) is 10.8. The van der Waals surface area contributed by atoms with Gasteiger partial charge in [-0.3, -0.25) is 24.5 Å². The van der Waals surface area contributed by atoms with E-state index in [1.807, 2.05) is 0 Å². The number of halogens is 3. The molecule has 1 N–H and O–H groups in total. The Morgan fingerprint density at radius 1 is 1.14 bits per heavy atom. The van der Waals surface area contributed by atoms with Gasteiger partial charge in [0.05, 0.1) is 15.7 Å². The Hall–Kier alpha value is -3.01. The van der Waals surface area contributed by atoms with Gasteiger partial charge in [0.25, 0.3) is 11.8 Å². The van der Waals surface area contributed by atoms with Gasteiger partial charge in [0.2, 0.25) is 19.8 Å². The number of carbonyl (C=O) groups excluding carboxylic acids is 4. The largest absolute Gasteiger partial charge is 0.398 e. The third-order valence-electron chi connectivity index (χ3n) is 6.41. The molecule has 1 fully saturated rings. The fourth-order valence-electron chi connectivity index (χ4n) is 4.42. The van der Waals surface area contributed by atoms with Crippen molar-refractivity contribution in [2.75, 3.05) is 0 Å². The highest BCUT2D eigenvalue weighted by atomic mass is 35.5. The van der Waals surface area contributed by atoms with Crippen LogP contribution in [0.1, 0.15) is 39.9 Å². The van der Waals surface area contributed by atoms with Crippen molar-refractivity contribution in [2.24, 2.45) is 0 Å². The smallest absolute Gasteiger partial charge is 0.348 e. The summed E-state index contributed by atoms with van der Waals surface area (Å²) in [4.78, 5) is 50.7. The highest BCUT2D eigenvalue weighted by Gasteiger charge is 2.47. The standard InChI is InChI=1S/C22H13B5ClF2N3O4/c23-13-7-11-12(8-32(19(11)36)14-5-6-15(34)31-18(14)35)17(24)16(13)22(25,26)33(27)20(37)21(29,30)9-1-3-10(28)4-2-9/h1-4,7,14H,5-6,8H2,(H,31,34,35). The summed E-state index contributed by atoms with van der Waals surface area (Å²) in [6.45, 7) is -0.185.